The van der Waals surface area contributed by atoms with Crippen LogP contribution in [0.4, 0.5) is 5.69 Å². The van der Waals surface area contributed by atoms with Gasteiger partial charge in [-0.1, -0.05) is 60.7 Å². The SMILES string of the molecule is COC(=O)c1ccc([C@@H]2Nc3ccc(/C(C)=N\NC(=O)[C@H](OC)c4ccccc4)cc3[C@H]3C=CC[C@@H]32)cc1. The number of hydrogen-bond donors (Lipinski definition) is 2. The smallest absolute Gasteiger partial charge is 0.337 e. The second kappa shape index (κ2) is 11.0. The molecule has 1 heterocycles. The third-order valence-corrected chi connectivity index (χ3v) is 7.38. The maximum atomic E-state index is 12.8. The van der Waals surface area contributed by atoms with E-state index in [0.717, 1.165) is 28.8 Å². The molecule has 0 spiro atoms. The molecule has 0 radical (unpaired) electrons. The molecule has 3 aromatic carbocycles. The molecule has 3 aromatic rings. The third kappa shape index (κ3) is 4.97. The number of fused-ring (bicyclic) bond motifs is 3. The summed E-state index contributed by atoms with van der Waals surface area (Å²) in [6, 6.07) is 23.4. The molecule has 0 saturated carbocycles. The fourth-order valence-corrected chi connectivity index (χ4v) is 5.38. The van der Waals surface area contributed by atoms with Gasteiger partial charge in [0, 0.05) is 18.7 Å². The standard InChI is InChI=1S/C31H31N3O4/c1-19(33-34-30(35)29(37-2)21-8-5-4-6-9-21)23-16-17-27-26(18-23)24-10-7-11-25(24)28(32-27)20-12-14-22(15-13-20)31(36)38-3/h4-10,12-18,24-25,28-29,32H,11H2,1-3H3,(H,34,35)/b33-19-/t24-,25-,28-,29+/m0/s1. The highest BCUT2D eigenvalue weighted by molar-refractivity contribution is 6.00. The molecule has 0 aromatic heterocycles. The number of methoxy groups -OCH3 is 2. The Morgan fingerprint density at radius 2 is 1.74 bits per heavy atom. The summed E-state index contributed by atoms with van der Waals surface area (Å²) in [6.45, 7) is 1.89. The first-order chi connectivity index (χ1) is 18.5. The molecule has 0 unspecified atom stereocenters. The molecule has 7 nitrogen and oxygen atoms in total. The van der Waals surface area contributed by atoms with Crippen LogP contribution in [0.3, 0.4) is 0 Å². The van der Waals surface area contributed by atoms with Gasteiger partial charge in [-0.25, -0.2) is 10.2 Å². The highest BCUT2D eigenvalue weighted by Crippen LogP contribution is 2.50. The largest absolute Gasteiger partial charge is 0.465 e. The lowest BCUT2D eigenvalue weighted by Crippen LogP contribution is -2.29. The van der Waals surface area contributed by atoms with E-state index < -0.39 is 6.10 Å². The van der Waals surface area contributed by atoms with Gasteiger partial charge in [0.05, 0.1) is 24.4 Å². The Kier molecular flexibility index (Phi) is 7.38. The number of nitrogens with zero attached hydrogens (tertiary/aromatic N) is 1. The Labute approximate surface area is 222 Å². The molecule has 0 bridgehead atoms. The van der Waals surface area contributed by atoms with Gasteiger partial charge in [0.15, 0.2) is 6.10 Å². The normalized spacial score (nSPS) is 20.6. The van der Waals surface area contributed by atoms with Crippen LogP contribution in [-0.2, 0) is 14.3 Å². The minimum atomic E-state index is -0.733. The molecule has 0 fully saturated rings. The fraction of sp³-hybridized carbons (Fsp3) is 0.258. The molecule has 1 amide bonds. The number of hydrogen-bond acceptors (Lipinski definition) is 6. The minimum absolute atomic E-state index is 0.123. The number of anilines is 1. The van der Waals surface area contributed by atoms with Crippen LogP contribution in [-0.4, -0.2) is 31.8 Å². The Morgan fingerprint density at radius 3 is 2.45 bits per heavy atom. The number of carbonyl (C=O) groups excluding carboxylic acids is 2. The van der Waals surface area contributed by atoms with Crippen LogP contribution in [0.25, 0.3) is 0 Å². The molecular formula is C31H31N3O4. The predicted octanol–water partition coefficient (Wildman–Crippen LogP) is 5.53. The molecule has 0 saturated heterocycles. The topological polar surface area (TPSA) is 89.0 Å². The van der Waals surface area contributed by atoms with Gasteiger partial charge in [-0.2, -0.15) is 5.10 Å². The van der Waals surface area contributed by atoms with E-state index in [9.17, 15) is 9.59 Å². The van der Waals surface area contributed by atoms with E-state index in [1.165, 1.54) is 19.8 Å². The van der Waals surface area contributed by atoms with Gasteiger partial charge in [-0.3, -0.25) is 4.79 Å². The average molecular weight is 510 g/mol. The molecule has 38 heavy (non-hydrogen) atoms. The maximum absolute atomic E-state index is 12.8. The quantitative estimate of drug-likeness (QED) is 0.189. The van der Waals surface area contributed by atoms with Crippen LogP contribution in [0.5, 0.6) is 0 Å². The van der Waals surface area contributed by atoms with Crippen molar-refractivity contribution in [2.75, 3.05) is 19.5 Å². The molecule has 7 heteroatoms. The zero-order valence-electron chi connectivity index (χ0n) is 21.7. The number of nitrogens with one attached hydrogen (secondary N) is 2. The second-order valence-electron chi connectivity index (χ2n) is 9.59. The third-order valence-electron chi connectivity index (χ3n) is 7.38. The summed E-state index contributed by atoms with van der Waals surface area (Å²) in [6.07, 6.45) is 4.75. The fourth-order valence-electron chi connectivity index (χ4n) is 5.38. The number of ether oxygens (including phenoxy) is 2. The van der Waals surface area contributed by atoms with Crippen LogP contribution >= 0.6 is 0 Å². The zero-order chi connectivity index (χ0) is 26.6. The van der Waals surface area contributed by atoms with E-state index in [-0.39, 0.29) is 23.8 Å². The van der Waals surface area contributed by atoms with Gasteiger partial charge in [0.2, 0.25) is 0 Å². The van der Waals surface area contributed by atoms with Crippen LogP contribution < -0.4 is 10.7 Å². The van der Waals surface area contributed by atoms with Crippen molar-refractivity contribution in [2.24, 2.45) is 11.0 Å². The highest BCUT2D eigenvalue weighted by Gasteiger charge is 2.38. The zero-order valence-corrected chi connectivity index (χ0v) is 21.7. The van der Waals surface area contributed by atoms with Gasteiger partial charge in [0.25, 0.3) is 5.91 Å². The molecule has 5 rings (SSSR count). The van der Waals surface area contributed by atoms with Crippen LogP contribution in [0, 0.1) is 5.92 Å². The number of esters is 1. The summed E-state index contributed by atoms with van der Waals surface area (Å²) >= 11 is 0. The van der Waals surface area contributed by atoms with Crippen molar-refractivity contribution < 1.29 is 19.1 Å². The molecule has 1 aliphatic carbocycles. The maximum Gasteiger partial charge on any atom is 0.337 e. The lowest BCUT2D eigenvalue weighted by Gasteiger charge is -2.37. The monoisotopic (exact) mass is 509 g/mol. The summed E-state index contributed by atoms with van der Waals surface area (Å²) in [7, 11) is 2.90. The minimum Gasteiger partial charge on any atom is -0.465 e. The first-order valence-corrected chi connectivity index (χ1v) is 12.7. The van der Waals surface area contributed by atoms with Crippen molar-refractivity contribution in [1.82, 2.24) is 5.43 Å². The van der Waals surface area contributed by atoms with Crippen molar-refractivity contribution in [3.8, 4) is 0 Å². The van der Waals surface area contributed by atoms with Crippen molar-refractivity contribution >= 4 is 23.3 Å². The van der Waals surface area contributed by atoms with Crippen molar-refractivity contribution in [1.29, 1.82) is 0 Å². The van der Waals surface area contributed by atoms with Gasteiger partial charge < -0.3 is 14.8 Å². The van der Waals surface area contributed by atoms with E-state index >= 15 is 0 Å². The van der Waals surface area contributed by atoms with Crippen molar-refractivity contribution in [2.45, 2.75) is 31.4 Å². The van der Waals surface area contributed by atoms with Crippen LogP contribution in [0.1, 0.15) is 64.0 Å². The molecule has 2 N–H and O–H groups in total. The first-order valence-electron chi connectivity index (χ1n) is 12.7. The van der Waals surface area contributed by atoms with Crippen LogP contribution in [0.2, 0.25) is 0 Å². The van der Waals surface area contributed by atoms with Crippen molar-refractivity contribution in [3.63, 3.8) is 0 Å². The highest BCUT2D eigenvalue weighted by atomic mass is 16.5. The summed E-state index contributed by atoms with van der Waals surface area (Å²) in [5.41, 5.74) is 9.05. The van der Waals surface area contributed by atoms with Gasteiger partial charge in [-0.15, -0.1) is 0 Å². The van der Waals surface area contributed by atoms with Crippen molar-refractivity contribution in [3.05, 3.63) is 113 Å². The Morgan fingerprint density at radius 1 is 1.00 bits per heavy atom. The summed E-state index contributed by atoms with van der Waals surface area (Å²) in [5, 5.41) is 8.10. The summed E-state index contributed by atoms with van der Waals surface area (Å²) < 4.78 is 10.2. The van der Waals surface area contributed by atoms with Gasteiger partial charge in [0.1, 0.15) is 0 Å². The Hall–Kier alpha value is -4.23. The van der Waals surface area contributed by atoms with E-state index in [1.807, 2.05) is 67.6 Å². The van der Waals surface area contributed by atoms with E-state index in [4.69, 9.17) is 9.47 Å². The predicted molar refractivity (Wildman–Crippen MR) is 147 cm³/mol. The molecule has 1 aliphatic heterocycles. The van der Waals surface area contributed by atoms with Gasteiger partial charge in [-0.05, 0) is 65.8 Å². The number of amides is 1. The van der Waals surface area contributed by atoms with Crippen LogP contribution in [0.15, 0.2) is 90.0 Å². The second-order valence-corrected chi connectivity index (χ2v) is 9.59. The number of benzene rings is 3. The van der Waals surface area contributed by atoms with Gasteiger partial charge >= 0.3 is 5.97 Å². The Bertz CT molecular complexity index is 1380. The summed E-state index contributed by atoms with van der Waals surface area (Å²) in [4.78, 5) is 24.6. The average Bonchev–Trinajstić information content (AvgIpc) is 3.46. The molecule has 194 valence electrons. The summed E-state index contributed by atoms with van der Waals surface area (Å²) in [5.74, 6) is -0.0446. The molecular weight excluding hydrogens is 478 g/mol. The number of carbonyl (C=O) groups is 2. The lowest BCUT2D eigenvalue weighted by molar-refractivity contribution is -0.131. The number of rotatable bonds is 7. The van der Waals surface area contributed by atoms with E-state index in [0.29, 0.717) is 17.2 Å². The number of hydrazone groups is 1. The lowest BCUT2D eigenvalue weighted by atomic mass is 9.76. The van der Waals surface area contributed by atoms with E-state index in [1.54, 1.807) is 0 Å². The molecule has 2 aliphatic rings. The van der Waals surface area contributed by atoms with E-state index in [2.05, 4.69) is 40.1 Å². The Balaban J connectivity index is 1.35. The molecule has 4 atom stereocenters. The first kappa shape index (κ1) is 25.4. The number of allylic oxidation sites excluding steroid dienone is 2.